The van der Waals surface area contributed by atoms with Crippen molar-refractivity contribution >= 4 is 0 Å². The minimum atomic E-state index is 0.0307. The van der Waals surface area contributed by atoms with Crippen LogP contribution in [-0.2, 0) is 6.42 Å². The number of rotatable bonds is 2. The molecule has 0 amide bonds. The number of nitrogens with two attached hydrogens (primary N) is 1. The molecule has 3 heteroatoms. The number of aromatic nitrogens is 2. The number of imidazole rings is 1. The third kappa shape index (κ3) is 1.37. The van der Waals surface area contributed by atoms with Crippen LogP contribution in [0.4, 0.5) is 0 Å². The van der Waals surface area contributed by atoms with Gasteiger partial charge in [-0.1, -0.05) is 6.92 Å². The Bertz CT molecular complexity index is 301. The van der Waals surface area contributed by atoms with Gasteiger partial charge in [0.1, 0.15) is 5.82 Å². The summed E-state index contributed by atoms with van der Waals surface area (Å²) in [5.74, 6) is 1.61. The summed E-state index contributed by atoms with van der Waals surface area (Å²) >= 11 is 0. The highest BCUT2D eigenvalue weighted by Crippen LogP contribution is 2.33. The van der Waals surface area contributed by atoms with Crippen molar-refractivity contribution in [2.45, 2.75) is 45.1 Å². The monoisotopic (exact) mass is 179 g/mol. The normalized spacial score (nSPS) is 23.2. The van der Waals surface area contributed by atoms with Crippen LogP contribution in [0.3, 0.4) is 0 Å². The van der Waals surface area contributed by atoms with Crippen molar-refractivity contribution in [3.63, 3.8) is 0 Å². The Morgan fingerprint density at radius 1 is 1.69 bits per heavy atom. The summed E-state index contributed by atoms with van der Waals surface area (Å²) < 4.78 is 0. The van der Waals surface area contributed by atoms with Gasteiger partial charge in [-0.05, 0) is 26.2 Å². The smallest absolute Gasteiger partial charge is 0.123 e. The molecule has 0 saturated heterocycles. The van der Waals surface area contributed by atoms with Gasteiger partial charge in [-0.3, -0.25) is 0 Å². The third-order valence-corrected chi connectivity index (χ3v) is 2.88. The highest BCUT2D eigenvalue weighted by atomic mass is 15.0. The summed E-state index contributed by atoms with van der Waals surface area (Å²) in [5.41, 5.74) is 8.36. The first-order chi connectivity index (χ1) is 6.22. The summed E-state index contributed by atoms with van der Waals surface area (Å²) in [6, 6.07) is 0.0307. The van der Waals surface area contributed by atoms with Crippen molar-refractivity contribution in [2.75, 3.05) is 0 Å². The molecule has 0 radical (unpaired) electrons. The van der Waals surface area contributed by atoms with Crippen LogP contribution < -0.4 is 5.73 Å². The lowest BCUT2D eigenvalue weighted by atomic mass is 10.1. The van der Waals surface area contributed by atoms with Crippen LogP contribution in [0.5, 0.6) is 0 Å². The molecule has 3 nitrogen and oxygen atoms in total. The van der Waals surface area contributed by atoms with Gasteiger partial charge in [0.05, 0.1) is 11.7 Å². The number of nitrogens with zero attached hydrogens (tertiary/aromatic N) is 1. The van der Waals surface area contributed by atoms with Crippen molar-refractivity contribution in [1.29, 1.82) is 0 Å². The Kier molecular flexibility index (Phi) is 2.12. The van der Waals surface area contributed by atoms with Gasteiger partial charge in [-0.25, -0.2) is 4.98 Å². The maximum absolute atomic E-state index is 5.77. The topological polar surface area (TPSA) is 54.7 Å². The maximum atomic E-state index is 5.77. The third-order valence-electron chi connectivity index (χ3n) is 2.88. The molecule has 3 N–H and O–H groups in total. The molecule has 0 saturated carbocycles. The number of hydrogen-bond donors (Lipinski definition) is 2. The van der Waals surface area contributed by atoms with Gasteiger partial charge in [-0.2, -0.15) is 0 Å². The first kappa shape index (κ1) is 8.75. The molecule has 0 bridgehead atoms. The maximum Gasteiger partial charge on any atom is 0.123 e. The Morgan fingerprint density at radius 2 is 2.46 bits per heavy atom. The van der Waals surface area contributed by atoms with E-state index in [1.54, 1.807) is 0 Å². The summed E-state index contributed by atoms with van der Waals surface area (Å²) in [6.07, 6.45) is 3.59. The van der Waals surface area contributed by atoms with Crippen molar-refractivity contribution in [3.8, 4) is 0 Å². The zero-order chi connectivity index (χ0) is 9.42. The van der Waals surface area contributed by atoms with E-state index in [9.17, 15) is 0 Å². The number of aryl methyl sites for hydroxylation is 1. The van der Waals surface area contributed by atoms with E-state index in [1.165, 1.54) is 24.2 Å². The summed E-state index contributed by atoms with van der Waals surface area (Å²) in [5, 5.41) is 0. The van der Waals surface area contributed by atoms with E-state index in [-0.39, 0.29) is 6.04 Å². The number of nitrogens with one attached hydrogen (secondary N) is 1. The lowest BCUT2D eigenvalue weighted by molar-refractivity contribution is 0.629. The quantitative estimate of drug-likeness (QED) is 0.728. The molecule has 1 aliphatic rings. The molecule has 0 aliphatic heterocycles. The second-order valence-corrected chi connectivity index (χ2v) is 3.92. The largest absolute Gasteiger partial charge is 0.344 e. The van der Waals surface area contributed by atoms with E-state index in [1.807, 2.05) is 6.92 Å². The zero-order valence-electron chi connectivity index (χ0n) is 8.30. The average Bonchev–Trinajstić information content (AvgIpc) is 2.60. The number of aromatic amines is 1. The van der Waals surface area contributed by atoms with Gasteiger partial charge in [0.25, 0.3) is 0 Å². The molecule has 2 atom stereocenters. The van der Waals surface area contributed by atoms with Gasteiger partial charge in [0.15, 0.2) is 0 Å². The first-order valence-electron chi connectivity index (χ1n) is 5.06. The molecule has 1 unspecified atom stereocenters. The minimum absolute atomic E-state index is 0.0307. The Balaban J connectivity index is 2.31. The van der Waals surface area contributed by atoms with E-state index >= 15 is 0 Å². The molecule has 1 aromatic rings. The molecule has 1 aliphatic carbocycles. The second kappa shape index (κ2) is 3.14. The standard InChI is InChI=1S/C10H17N3/c1-3-7-4-5-8-9(7)13-10(12-8)6(2)11/h6-7H,3-5,11H2,1-2H3,(H,12,13)/t6-,7?/m1/s1. The van der Waals surface area contributed by atoms with E-state index in [0.717, 1.165) is 12.2 Å². The Hall–Kier alpha value is -0.830. The van der Waals surface area contributed by atoms with Gasteiger partial charge < -0.3 is 10.7 Å². The van der Waals surface area contributed by atoms with Crippen LogP contribution in [0.1, 0.15) is 55.9 Å². The Labute approximate surface area is 78.7 Å². The number of hydrogen-bond acceptors (Lipinski definition) is 2. The van der Waals surface area contributed by atoms with Gasteiger partial charge in [0.2, 0.25) is 0 Å². The molecule has 13 heavy (non-hydrogen) atoms. The predicted octanol–water partition coefficient (Wildman–Crippen LogP) is 1.87. The van der Waals surface area contributed by atoms with Crippen molar-refractivity contribution in [1.82, 2.24) is 9.97 Å². The number of H-pyrrole nitrogens is 1. The molecule has 72 valence electrons. The van der Waals surface area contributed by atoms with Crippen molar-refractivity contribution in [2.24, 2.45) is 5.73 Å². The molecule has 0 fully saturated rings. The SMILES string of the molecule is CCC1CCc2[nH]c([C@@H](C)N)nc21. The Morgan fingerprint density at radius 3 is 3.08 bits per heavy atom. The molecule has 0 spiro atoms. The minimum Gasteiger partial charge on any atom is -0.344 e. The van der Waals surface area contributed by atoms with Crippen molar-refractivity contribution < 1.29 is 0 Å². The molecule has 1 heterocycles. The zero-order valence-corrected chi connectivity index (χ0v) is 8.30. The van der Waals surface area contributed by atoms with Crippen LogP contribution in [0.15, 0.2) is 0 Å². The van der Waals surface area contributed by atoms with Crippen LogP contribution in [0, 0.1) is 0 Å². The average molecular weight is 179 g/mol. The van der Waals surface area contributed by atoms with Crippen LogP contribution in [0.2, 0.25) is 0 Å². The van der Waals surface area contributed by atoms with Crippen LogP contribution in [0.25, 0.3) is 0 Å². The lowest BCUT2D eigenvalue weighted by Gasteiger charge is -2.04. The fourth-order valence-electron chi connectivity index (χ4n) is 2.04. The van der Waals surface area contributed by atoms with Gasteiger partial charge in [0, 0.05) is 11.6 Å². The molecular weight excluding hydrogens is 162 g/mol. The van der Waals surface area contributed by atoms with Crippen molar-refractivity contribution in [3.05, 3.63) is 17.2 Å². The van der Waals surface area contributed by atoms with Gasteiger partial charge in [-0.15, -0.1) is 0 Å². The fraction of sp³-hybridized carbons (Fsp3) is 0.700. The first-order valence-corrected chi connectivity index (χ1v) is 5.06. The highest BCUT2D eigenvalue weighted by Gasteiger charge is 2.25. The summed E-state index contributed by atoms with van der Waals surface area (Å²) in [7, 11) is 0. The van der Waals surface area contributed by atoms with E-state index < -0.39 is 0 Å². The van der Waals surface area contributed by atoms with E-state index in [0.29, 0.717) is 5.92 Å². The van der Waals surface area contributed by atoms with E-state index in [4.69, 9.17) is 5.73 Å². The summed E-state index contributed by atoms with van der Waals surface area (Å²) in [4.78, 5) is 7.88. The molecule has 1 aromatic heterocycles. The highest BCUT2D eigenvalue weighted by molar-refractivity contribution is 5.25. The molecule has 0 aromatic carbocycles. The lowest BCUT2D eigenvalue weighted by Crippen LogP contribution is -2.07. The fourth-order valence-corrected chi connectivity index (χ4v) is 2.04. The number of fused-ring (bicyclic) bond motifs is 1. The second-order valence-electron chi connectivity index (χ2n) is 3.92. The van der Waals surface area contributed by atoms with E-state index in [2.05, 4.69) is 16.9 Å². The molecule has 2 rings (SSSR count). The van der Waals surface area contributed by atoms with Crippen LogP contribution >= 0.6 is 0 Å². The van der Waals surface area contributed by atoms with Gasteiger partial charge >= 0.3 is 0 Å². The van der Waals surface area contributed by atoms with Crippen LogP contribution in [-0.4, -0.2) is 9.97 Å². The summed E-state index contributed by atoms with van der Waals surface area (Å²) in [6.45, 7) is 4.19. The molecular formula is C10H17N3. The predicted molar refractivity (Wildman–Crippen MR) is 52.5 cm³/mol.